The largest absolute Gasteiger partial charge is 0.314 e. The van der Waals surface area contributed by atoms with E-state index in [2.05, 4.69) is 31.4 Å². The Balaban J connectivity index is 2.17. The quantitative estimate of drug-likeness (QED) is 0.583. The third-order valence-electron chi connectivity index (χ3n) is 4.56. The molecule has 0 aromatic carbocycles. The molecule has 2 nitrogen and oxygen atoms in total. The minimum atomic E-state index is 0.696. The van der Waals surface area contributed by atoms with Gasteiger partial charge in [-0.15, -0.1) is 0 Å². The number of rotatable bonds is 10. The van der Waals surface area contributed by atoms with Crippen LogP contribution in [0.4, 0.5) is 0 Å². The Bertz CT molecular complexity index is 205. The Hall–Kier alpha value is -0.0800. The van der Waals surface area contributed by atoms with Gasteiger partial charge in [-0.2, -0.15) is 0 Å². The maximum Gasteiger partial charge on any atom is 0.0221 e. The van der Waals surface area contributed by atoms with Gasteiger partial charge in [0, 0.05) is 25.2 Å². The minimum absolute atomic E-state index is 0.696. The lowest BCUT2D eigenvalue weighted by Crippen LogP contribution is -2.57. The number of hydrogen-bond acceptors (Lipinski definition) is 2. The van der Waals surface area contributed by atoms with Gasteiger partial charge in [0.2, 0.25) is 0 Å². The van der Waals surface area contributed by atoms with Crippen LogP contribution in [-0.4, -0.2) is 25.2 Å². The fourth-order valence-electron chi connectivity index (χ4n) is 3.12. The van der Waals surface area contributed by atoms with Crippen molar-refractivity contribution in [3.05, 3.63) is 0 Å². The zero-order chi connectivity index (χ0) is 13.9. The maximum atomic E-state index is 3.89. The molecule has 0 amide bonds. The van der Waals surface area contributed by atoms with Crippen molar-refractivity contribution in [3.8, 4) is 0 Å². The molecule has 0 bridgehead atoms. The summed E-state index contributed by atoms with van der Waals surface area (Å²) in [4.78, 5) is 0. The molecular formula is C17H36N2. The van der Waals surface area contributed by atoms with Crippen LogP contribution in [0.2, 0.25) is 0 Å². The van der Waals surface area contributed by atoms with Crippen LogP contribution in [0.1, 0.15) is 78.6 Å². The van der Waals surface area contributed by atoms with E-state index in [0.29, 0.717) is 12.1 Å². The predicted octanol–water partition coefficient (Wildman–Crippen LogP) is 4.10. The molecule has 2 heteroatoms. The first kappa shape index (κ1) is 17.0. The number of unbranched alkanes of at least 4 members (excludes halogenated alkanes) is 5. The van der Waals surface area contributed by atoms with Crippen molar-refractivity contribution in [1.82, 2.24) is 10.6 Å². The summed E-state index contributed by atoms with van der Waals surface area (Å²) in [6.07, 6.45) is 12.4. The van der Waals surface area contributed by atoms with E-state index in [4.69, 9.17) is 0 Å². The van der Waals surface area contributed by atoms with Crippen molar-refractivity contribution in [2.45, 2.75) is 90.6 Å². The highest BCUT2D eigenvalue weighted by atomic mass is 15.1. The Kier molecular flexibility index (Phi) is 9.54. The monoisotopic (exact) mass is 268 g/mol. The molecule has 0 aromatic heterocycles. The van der Waals surface area contributed by atoms with Crippen LogP contribution in [0, 0.1) is 5.92 Å². The Labute approximate surface area is 121 Å². The second-order valence-corrected chi connectivity index (χ2v) is 6.45. The third-order valence-corrected chi connectivity index (χ3v) is 4.56. The molecule has 2 N–H and O–H groups in total. The summed E-state index contributed by atoms with van der Waals surface area (Å²) >= 11 is 0. The first-order chi connectivity index (χ1) is 9.27. The van der Waals surface area contributed by atoms with Crippen LogP contribution in [0.3, 0.4) is 0 Å². The minimum Gasteiger partial charge on any atom is -0.314 e. The standard InChI is InChI=1S/C17H36N2/c1-4-6-8-10-12-16-13-18-14-17(19-16)15(3)11-9-7-5-2/h15-19H,4-14H2,1-3H3. The maximum absolute atomic E-state index is 3.89. The van der Waals surface area contributed by atoms with Crippen molar-refractivity contribution in [1.29, 1.82) is 0 Å². The van der Waals surface area contributed by atoms with E-state index in [1.165, 1.54) is 70.9 Å². The highest BCUT2D eigenvalue weighted by molar-refractivity contribution is 4.86. The van der Waals surface area contributed by atoms with Gasteiger partial charge >= 0.3 is 0 Å². The summed E-state index contributed by atoms with van der Waals surface area (Å²) in [5.41, 5.74) is 0. The van der Waals surface area contributed by atoms with Crippen LogP contribution in [-0.2, 0) is 0 Å². The summed E-state index contributed by atoms with van der Waals surface area (Å²) in [7, 11) is 0. The normalized spacial score (nSPS) is 25.4. The van der Waals surface area contributed by atoms with Crippen LogP contribution in [0.15, 0.2) is 0 Å². The van der Waals surface area contributed by atoms with Crippen molar-refractivity contribution < 1.29 is 0 Å². The fourth-order valence-corrected chi connectivity index (χ4v) is 3.12. The van der Waals surface area contributed by atoms with Crippen molar-refractivity contribution in [3.63, 3.8) is 0 Å². The van der Waals surface area contributed by atoms with Gasteiger partial charge in [0.15, 0.2) is 0 Å². The average Bonchev–Trinajstić information content (AvgIpc) is 2.44. The lowest BCUT2D eigenvalue weighted by Gasteiger charge is -2.35. The summed E-state index contributed by atoms with van der Waals surface area (Å²) in [6.45, 7) is 9.34. The van der Waals surface area contributed by atoms with E-state index in [1.54, 1.807) is 0 Å². The molecule has 1 heterocycles. The molecule has 1 rings (SSSR count). The van der Waals surface area contributed by atoms with Gasteiger partial charge in [-0.05, 0) is 18.8 Å². The Morgan fingerprint density at radius 1 is 0.947 bits per heavy atom. The Morgan fingerprint density at radius 2 is 1.68 bits per heavy atom. The molecule has 0 spiro atoms. The van der Waals surface area contributed by atoms with E-state index in [-0.39, 0.29) is 0 Å². The van der Waals surface area contributed by atoms with E-state index in [1.807, 2.05) is 0 Å². The molecule has 0 saturated carbocycles. The Morgan fingerprint density at radius 3 is 2.42 bits per heavy atom. The zero-order valence-corrected chi connectivity index (χ0v) is 13.5. The molecule has 1 saturated heterocycles. The van der Waals surface area contributed by atoms with Gasteiger partial charge in [0.05, 0.1) is 0 Å². The van der Waals surface area contributed by atoms with Crippen LogP contribution in [0.25, 0.3) is 0 Å². The lowest BCUT2D eigenvalue weighted by atomic mass is 9.92. The molecule has 0 aromatic rings. The van der Waals surface area contributed by atoms with Gasteiger partial charge in [0.25, 0.3) is 0 Å². The first-order valence-corrected chi connectivity index (χ1v) is 8.74. The molecule has 0 radical (unpaired) electrons. The van der Waals surface area contributed by atoms with E-state index in [0.717, 1.165) is 5.92 Å². The first-order valence-electron chi connectivity index (χ1n) is 8.74. The second kappa shape index (κ2) is 10.7. The highest BCUT2D eigenvalue weighted by Crippen LogP contribution is 2.16. The van der Waals surface area contributed by atoms with E-state index >= 15 is 0 Å². The van der Waals surface area contributed by atoms with Gasteiger partial charge in [-0.25, -0.2) is 0 Å². The zero-order valence-electron chi connectivity index (χ0n) is 13.5. The highest BCUT2D eigenvalue weighted by Gasteiger charge is 2.24. The van der Waals surface area contributed by atoms with E-state index in [9.17, 15) is 0 Å². The van der Waals surface area contributed by atoms with Gasteiger partial charge in [-0.1, -0.05) is 65.7 Å². The molecule has 1 fully saturated rings. The topological polar surface area (TPSA) is 24.1 Å². The van der Waals surface area contributed by atoms with Gasteiger partial charge < -0.3 is 10.6 Å². The number of nitrogens with one attached hydrogen (secondary N) is 2. The predicted molar refractivity (Wildman–Crippen MR) is 85.6 cm³/mol. The van der Waals surface area contributed by atoms with Crippen molar-refractivity contribution >= 4 is 0 Å². The van der Waals surface area contributed by atoms with Crippen molar-refractivity contribution in [2.24, 2.45) is 5.92 Å². The number of hydrogen-bond donors (Lipinski definition) is 2. The second-order valence-electron chi connectivity index (χ2n) is 6.45. The van der Waals surface area contributed by atoms with Crippen molar-refractivity contribution in [2.75, 3.05) is 13.1 Å². The molecule has 1 aliphatic heterocycles. The van der Waals surface area contributed by atoms with Crippen LogP contribution in [0.5, 0.6) is 0 Å². The summed E-state index contributed by atoms with van der Waals surface area (Å²) < 4.78 is 0. The lowest BCUT2D eigenvalue weighted by molar-refractivity contribution is 0.251. The third kappa shape index (κ3) is 7.31. The van der Waals surface area contributed by atoms with Crippen LogP contribution < -0.4 is 10.6 Å². The summed E-state index contributed by atoms with van der Waals surface area (Å²) in [6, 6.07) is 1.41. The van der Waals surface area contributed by atoms with E-state index < -0.39 is 0 Å². The average molecular weight is 268 g/mol. The number of piperazine rings is 1. The smallest absolute Gasteiger partial charge is 0.0221 e. The molecule has 3 atom stereocenters. The molecule has 114 valence electrons. The van der Waals surface area contributed by atoms with Gasteiger partial charge in [-0.3, -0.25) is 0 Å². The molecule has 1 aliphatic rings. The summed E-state index contributed by atoms with van der Waals surface area (Å²) in [5.74, 6) is 0.817. The molecule has 0 aliphatic carbocycles. The molecule has 19 heavy (non-hydrogen) atoms. The van der Waals surface area contributed by atoms with Crippen LogP contribution >= 0.6 is 0 Å². The SMILES string of the molecule is CCCCCCC1CNCC(C(C)CCCCC)N1. The van der Waals surface area contributed by atoms with Gasteiger partial charge in [0.1, 0.15) is 0 Å². The molecular weight excluding hydrogens is 232 g/mol. The summed E-state index contributed by atoms with van der Waals surface area (Å²) in [5, 5.41) is 7.53. The fraction of sp³-hybridized carbons (Fsp3) is 1.00. The molecule has 3 unspecified atom stereocenters.